The van der Waals surface area contributed by atoms with Gasteiger partial charge in [-0.2, -0.15) is 0 Å². The van der Waals surface area contributed by atoms with Crippen molar-refractivity contribution >= 4 is 5.84 Å². The molecule has 0 spiro atoms. The van der Waals surface area contributed by atoms with Crippen LogP contribution in [-0.2, 0) is 6.54 Å². The molecule has 1 aromatic rings. The van der Waals surface area contributed by atoms with E-state index in [9.17, 15) is 5.11 Å². The Balaban J connectivity index is 2.87. The third kappa shape index (κ3) is 4.83. The van der Waals surface area contributed by atoms with E-state index < -0.39 is 5.60 Å². The highest BCUT2D eigenvalue weighted by atomic mass is 16.4. The molecule has 0 saturated carbocycles. The predicted octanol–water partition coefficient (Wildman–Crippen LogP) is 1.68. The van der Waals surface area contributed by atoms with Crippen LogP contribution in [0.15, 0.2) is 23.4 Å². The third-order valence-electron chi connectivity index (χ3n) is 3.20. The third-order valence-corrected chi connectivity index (χ3v) is 3.20. The maximum atomic E-state index is 9.91. The molecule has 4 N–H and O–H groups in total. The summed E-state index contributed by atoms with van der Waals surface area (Å²) in [4.78, 5) is 2.19. The molecule has 0 unspecified atom stereocenters. The molecule has 5 nitrogen and oxygen atoms in total. The topological polar surface area (TPSA) is 82.1 Å². The predicted molar refractivity (Wildman–Crippen MR) is 80.9 cm³/mol. The first-order valence-corrected chi connectivity index (χ1v) is 6.79. The Bertz CT molecular complexity index is 478. The smallest absolute Gasteiger partial charge is 0.170 e. The largest absolute Gasteiger partial charge is 0.409 e. The first-order valence-electron chi connectivity index (χ1n) is 6.79. The van der Waals surface area contributed by atoms with Crippen molar-refractivity contribution in [3.63, 3.8) is 0 Å². The van der Waals surface area contributed by atoms with Crippen LogP contribution in [0.4, 0.5) is 0 Å². The van der Waals surface area contributed by atoms with E-state index in [1.165, 1.54) is 5.56 Å². The van der Waals surface area contributed by atoms with Gasteiger partial charge < -0.3 is 16.0 Å². The van der Waals surface area contributed by atoms with Crippen molar-refractivity contribution in [2.45, 2.75) is 39.8 Å². The number of rotatable bonds is 6. The second-order valence-electron chi connectivity index (χ2n) is 5.74. The molecule has 0 aliphatic carbocycles. The van der Waals surface area contributed by atoms with Gasteiger partial charge in [0.15, 0.2) is 5.84 Å². The minimum atomic E-state index is -0.710. The van der Waals surface area contributed by atoms with Gasteiger partial charge in [-0.25, -0.2) is 0 Å². The summed E-state index contributed by atoms with van der Waals surface area (Å²) in [5.74, 6) is 0.114. The van der Waals surface area contributed by atoms with E-state index in [0.29, 0.717) is 12.1 Å². The van der Waals surface area contributed by atoms with Gasteiger partial charge in [-0.3, -0.25) is 4.90 Å². The van der Waals surface area contributed by atoms with Crippen molar-refractivity contribution in [3.8, 4) is 0 Å². The summed E-state index contributed by atoms with van der Waals surface area (Å²) in [5.41, 5.74) is 7.84. The zero-order valence-corrected chi connectivity index (χ0v) is 12.7. The quantitative estimate of drug-likeness (QED) is 0.320. The van der Waals surface area contributed by atoms with Crippen molar-refractivity contribution in [3.05, 3.63) is 34.9 Å². The highest BCUT2D eigenvalue weighted by molar-refractivity contribution is 5.97. The molecule has 0 heterocycles. The lowest BCUT2D eigenvalue weighted by atomic mass is 10.0. The van der Waals surface area contributed by atoms with Crippen LogP contribution < -0.4 is 5.73 Å². The molecule has 5 heteroatoms. The molecule has 1 aromatic carbocycles. The van der Waals surface area contributed by atoms with Gasteiger partial charge in [-0.1, -0.05) is 24.2 Å². The number of oxime groups is 1. The van der Waals surface area contributed by atoms with Gasteiger partial charge in [-0.15, -0.1) is 0 Å². The van der Waals surface area contributed by atoms with Crippen LogP contribution in [0.25, 0.3) is 0 Å². The van der Waals surface area contributed by atoms with E-state index in [4.69, 9.17) is 10.9 Å². The van der Waals surface area contributed by atoms with Crippen molar-refractivity contribution in [2.24, 2.45) is 10.9 Å². The van der Waals surface area contributed by atoms with Crippen LogP contribution in [0.1, 0.15) is 37.5 Å². The Morgan fingerprint density at radius 3 is 2.50 bits per heavy atom. The number of amidine groups is 1. The summed E-state index contributed by atoms with van der Waals surface area (Å²) in [5, 5.41) is 21.6. The minimum Gasteiger partial charge on any atom is -0.409 e. The summed E-state index contributed by atoms with van der Waals surface area (Å²) >= 11 is 0. The lowest BCUT2D eigenvalue weighted by Crippen LogP contribution is -2.38. The Labute approximate surface area is 120 Å². The molecule has 0 atom stereocenters. The highest BCUT2D eigenvalue weighted by Crippen LogP contribution is 2.15. The number of nitrogens with zero attached hydrogens (tertiary/aromatic N) is 2. The normalized spacial score (nSPS) is 13.0. The van der Waals surface area contributed by atoms with Crippen LogP contribution in [0.2, 0.25) is 0 Å². The van der Waals surface area contributed by atoms with Crippen molar-refractivity contribution in [2.75, 3.05) is 13.1 Å². The standard InChI is InChI=1S/C15H25N3O2/c1-5-18(10-15(3,4)19)9-13-7-6-12(8-11(13)2)14(16)17-20/h6-8,19-20H,5,9-10H2,1-4H3,(H2,16,17). The van der Waals surface area contributed by atoms with Crippen LogP contribution in [-0.4, -0.2) is 39.7 Å². The summed E-state index contributed by atoms with van der Waals surface area (Å²) in [6.07, 6.45) is 0. The summed E-state index contributed by atoms with van der Waals surface area (Å²) in [6, 6.07) is 5.73. The molecule has 0 aliphatic rings. The number of aliphatic hydroxyl groups is 1. The Morgan fingerprint density at radius 1 is 1.40 bits per heavy atom. The van der Waals surface area contributed by atoms with E-state index >= 15 is 0 Å². The van der Waals surface area contributed by atoms with Crippen LogP contribution in [0.5, 0.6) is 0 Å². The molecule has 0 saturated heterocycles. The van der Waals surface area contributed by atoms with Gasteiger partial charge in [0.05, 0.1) is 5.60 Å². The maximum absolute atomic E-state index is 9.91. The fraction of sp³-hybridized carbons (Fsp3) is 0.533. The van der Waals surface area contributed by atoms with E-state index in [1.807, 2.05) is 39.0 Å². The van der Waals surface area contributed by atoms with Crippen LogP contribution in [0, 0.1) is 6.92 Å². The minimum absolute atomic E-state index is 0.114. The van der Waals surface area contributed by atoms with E-state index in [-0.39, 0.29) is 5.84 Å². The first kappa shape index (κ1) is 16.5. The zero-order valence-electron chi connectivity index (χ0n) is 12.7. The molecule has 0 amide bonds. The average Bonchev–Trinajstić information content (AvgIpc) is 2.37. The SMILES string of the molecule is CCN(Cc1ccc(/C(N)=N/O)cc1C)CC(C)(C)O. The number of hydrogen-bond donors (Lipinski definition) is 3. The second-order valence-corrected chi connectivity index (χ2v) is 5.74. The lowest BCUT2D eigenvalue weighted by Gasteiger charge is -2.28. The van der Waals surface area contributed by atoms with Gasteiger partial charge >= 0.3 is 0 Å². The van der Waals surface area contributed by atoms with Gasteiger partial charge in [-0.05, 0) is 44.5 Å². The van der Waals surface area contributed by atoms with Crippen LogP contribution in [0.3, 0.4) is 0 Å². The number of aryl methyl sites for hydroxylation is 1. The van der Waals surface area contributed by atoms with Gasteiger partial charge in [0.1, 0.15) is 0 Å². The fourth-order valence-corrected chi connectivity index (χ4v) is 2.16. The Kier molecular flexibility index (Phi) is 5.53. The number of nitrogens with two attached hydrogens (primary N) is 1. The summed E-state index contributed by atoms with van der Waals surface area (Å²) in [7, 11) is 0. The van der Waals surface area contributed by atoms with Crippen molar-refractivity contribution in [1.82, 2.24) is 4.90 Å². The molecule has 0 aromatic heterocycles. The Morgan fingerprint density at radius 2 is 2.05 bits per heavy atom. The van der Waals surface area contributed by atoms with E-state index in [1.54, 1.807) is 0 Å². The molecule has 0 radical (unpaired) electrons. The molecular weight excluding hydrogens is 254 g/mol. The molecular formula is C15H25N3O2. The second kappa shape index (κ2) is 6.72. The summed E-state index contributed by atoms with van der Waals surface area (Å²) < 4.78 is 0. The van der Waals surface area contributed by atoms with E-state index in [0.717, 1.165) is 18.7 Å². The maximum Gasteiger partial charge on any atom is 0.170 e. The first-order chi connectivity index (χ1) is 9.26. The monoisotopic (exact) mass is 279 g/mol. The van der Waals surface area contributed by atoms with Gasteiger partial charge in [0.2, 0.25) is 0 Å². The fourth-order valence-electron chi connectivity index (χ4n) is 2.16. The molecule has 0 aliphatic heterocycles. The molecule has 112 valence electrons. The molecule has 0 fully saturated rings. The lowest BCUT2D eigenvalue weighted by molar-refractivity contribution is 0.0353. The van der Waals surface area contributed by atoms with Crippen molar-refractivity contribution in [1.29, 1.82) is 0 Å². The molecule has 20 heavy (non-hydrogen) atoms. The average molecular weight is 279 g/mol. The van der Waals surface area contributed by atoms with Crippen LogP contribution >= 0.6 is 0 Å². The van der Waals surface area contributed by atoms with Gasteiger partial charge in [0.25, 0.3) is 0 Å². The number of likely N-dealkylation sites (N-methyl/N-ethyl adjacent to an activating group) is 1. The van der Waals surface area contributed by atoms with E-state index in [2.05, 4.69) is 17.0 Å². The Hall–Kier alpha value is -1.59. The van der Waals surface area contributed by atoms with Crippen molar-refractivity contribution < 1.29 is 10.3 Å². The zero-order chi connectivity index (χ0) is 15.3. The number of hydrogen-bond acceptors (Lipinski definition) is 4. The number of benzene rings is 1. The molecule has 0 bridgehead atoms. The highest BCUT2D eigenvalue weighted by Gasteiger charge is 2.17. The van der Waals surface area contributed by atoms with Gasteiger partial charge in [0, 0.05) is 18.7 Å². The summed E-state index contributed by atoms with van der Waals surface area (Å²) in [6.45, 7) is 9.94. The molecule has 1 rings (SSSR count).